The van der Waals surface area contributed by atoms with E-state index in [1.54, 1.807) is 33.7 Å². The Hall–Kier alpha value is -2.58. The van der Waals surface area contributed by atoms with E-state index in [0.717, 1.165) is 24.8 Å². The van der Waals surface area contributed by atoms with Crippen LogP contribution in [0, 0.1) is 17.8 Å². The minimum absolute atomic E-state index is 0.0156. The highest BCUT2D eigenvalue weighted by Crippen LogP contribution is 2.67. The van der Waals surface area contributed by atoms with Crippen molar-refractivity contribution < 1.29 is 19.5 Å². The number of rotatable bonds is 15. The van der Waals surface area contributed by atoms with Gasteiger partial charge in [-0.1, -0.05) is 69.7 Å². The molecule has 3 aliphatic heterocycles. The van der Waals surface area contributed by atoms with Crippen molar-refractivity contribution in [3.63, 3.8) is 0 Å². The van der Waals surface area contributed by atoms with Crippen LogP contribution < -0.4 is 0 Å². The molecular weight excluding hydrogens is 534 g/mol. The van der Waals surface area contributed by atoms with Gasteiger partial charge in [-0.2, -0.15) is 0 Å². The van der Waals surface area contributed by atoms with E-state index in [1.807, 2.05) is 35.2 Å². The summed E-state index contributed by atoms with van der Waals surface area (Å²) in [5, 5.41) is 10.5. The highest BCUT2D eigenvalue weighted by molar-refractivity contribution is 8.02. The summed E-state index contributed by atoms with van der Waals surface area (Å²) in [7, 11) is 0. The lowest BCUT2D eigenvalue weighted by Crippen LogP contribution is -2.57. The van der Waals surface area contributed by atoms with Gasteiger partial charge < -0.3 is 19.8 Å². The molecular formula is C33H47N3O4S. The van der Waals surface area contributed by atoms with Crippen molar-refractivity contribution in [2.75, 3.05) is 26.2 Å². The molecule has 7 nitrogen and oxygen atoms in total. The number of nitrogens with zero attached hydrogens (tertiary/aromatic N) is 3. The van der Waals surface area contributed by atoms with Gasteiger partial charge in [0, 0.05) is 31.4 Å². The van der Waals surface area contributed by atoms with Gasteiger partial charge in [-0.3, -0.25) is 14.4 Å². The number of fused-ring (bicyclic) bond motifs is 1. The van der Waals surface area contributed by atoms with Crippen molar-refractivity contribution in [1.82, 2.24) is 14.7 Å². The van der Waals surface area contributed by atoms with Crippen LogP contribution in [0.15, 0.2) is 55.6 Å². The fourth-order valence-corrected chi connectivity index (χ4v) is 9.43. The van der Waals surface area contributed by atoms with Gasteiger partial charge in [0.25, 0.3) is 0 Å². The quantitative estimate of drug-likeness (QED) is 0.308. The molecule has 2 unspecified atom stereocenters. The van der Waals surface area contributed by atoms with E-state index in [2.05, 4.69) is 33.9 Å². The number of likely N-dealkylation sites (tertiary alicyclic amines) is 1. The van der Waals surface area contributed by atoms with Gasteiger partial charge in [0.05, 0.1) is 29.2 Å². The van der Waals surface area contributed by atoms with Crippen LogP contribution >= 0.6 is 11.8 Å². The molecule has 1 aromatic carbocycles. The number of unbranched alkanes of at least 4 members (excludes halogenated alkanes) is 1. The Bertz CT molecular complexity index is 1110. The third-order valence-electron chi connectivity index (χ3n) is 8.92. The summed E-state index contributed by atoms with van der Waals surface area (Å²) in [6, 6.07) is 8.69. The number of hydrogen-bond donors (Lipinski definition) is 1. The Balaban J connectivity index is 1.74. The summed E-state index contributed by atoms with van der Waals surface area (Å²) < 4.78 is -0.679. The first-order valence-corrected chi connectivity index (χ1v) is 16.1. The number of carbonyl (C=O) groups is 3. The molecule has 8 heteroatoms. The van der Waals surface area contributed by atoms with Gasteiger partial charge in [-0.05, 0) is 37.2 Å². The molecule has 0 saturated carbocycles. The number of hydrogen-bond acceptors (Lipinski definition) is 5. The van der Waals surface area contributed by atoms with Gasteiger partial charge in [0.2, 0.25) is 17.7 Å². The molecule has 1 spiro atoms. The molecule has 3 amide bonds. The third kappa shape index (κ3) is 6.00. The lowest BCUT2D eigenvalue weighted by molar-refractivity contribution is -0.147. The number of carbonyl (C=O) groups excluding carboxylic acids is 3. The Kier molecular flexibility index (Phi) is 10.4. The van der Waals surface area contributed by atoms with E-state index in [0.29, 0.717) is 39.0 Å². The number of thioether (sulfide) groups is 1. The second-order valence-corrected chi connectivity index (χ2v) is 13.8. The lowest BCUT2D eigenvalue weighted by atomic mass is 9.70. The van der Waals surface area contributed by atoms with Crippen LogP contribution in [0.2, 0.25) is 0 Å². The molecule has 3 heterocycles. The average molecular weight is 582 g/mol. The average Bonchev–Trinajstić information content (AvgIpc) is 3.61. The van der Waals surface area contributed by atoms with Crippen molar-refractivity contribution in [3.05, 3.63) is 61.2 Å². The Morgan fingerprint density at radius 1 is 1.15 bits per heavy atom. The van der Waals surface area contributed by atoms with Crippen LogP contribution in [-0.2, 0) is 20.9 Å². The fourth-order valence-electron chi connectivity index (χ4n) is 7.24. The first-order valence-electron chi connectivity index (χ1n) is 15.2. The molecule has 3 aliphatic rings. The number of aliphatic hydroxyl groups is 1. The maximum atomic E-state index is 14.5. The topological polar surface area (TPSA) is 81.2 Å². The maximum Gasteiger partial charge on any atom is 0.247 e. The lowest BCUT2D eigenvalue weighted by Gasteiger charge is -2.40. The van der Waals surface area contributed by atoms with Crippen molar-refractivity contribution in [2.45, 2.75) is 81.5 Å². The molecule has 4 rings (SSSR count). The van der Waals surface area contributed by atoms with E-state index in [1.165, 1.54) is 0 Å². The van der Waals surface area contributed by atoms with E-state index < -0.39 is 28.7 Å². The summed E-state index contributed by atoms with van der Waals surface area (Å²) >= 11 is 1.69. The molecule has 41 heavy (non-hydrogen) atoms. The maximum absolute atomic E-state index is 14.5. The zero-order valence-electron chi connectivity index (χ0n) is 24.9. The van der Waals surface area contributed by atoms with Crippen LogP contribution in [0.4, 0.5) is 0 Å². The molecule has 3 fully saturated rings. The van der Waals surface area contributed by atoms with E-state index >= 15 is 0 Å². The number of amides is 3. The van der Waals surface area contributed by atoms with E-state index in [-0.39, 0.29) is 35.5 Å². The Morgan fingerprint density at radius 2 is 1.83 bits per heavy atom. The zero-order chi connectivity index (χ0) is 29.7. The SMILES string of the molecule is C=CCN(CCCC)C(=O)C1N([C@@H](CO)CC(C)C)C(=O)[C@@H]2[C@@H](C(=O)N(CC=C)Cc3ccccc3)[C@H]3CCC12S3. The fraction of sp³-hybridized carbons (Fsp3) is 0.606. The molecule has 6 atom stereocenters. The molecule has 3 saturated heterocycles. The second kappa shape index (κ2) is 13.6. The van der Waals surface area contributed by atoms with Crippen molar-refractivity contribution in [3.8, 4) is 0 Å². The van der Waals surface area contributed by atoms with Crippen LogP contribution in [0.1, 0.15) is 58.4 Å². The third-order valence-corrected chi connectivity index (χ3v) is 10.9. The van der Waals surface area contributed by atoms with Crippen LogP contribution in [0.25, 0.3) is 0 Å². The smallest absolute Gasteiger partial charge is 0.247 e. The highest BCUT2D eigenvalue weighted by Gasteiger charge is 2.74. The monoisotopic (exact) mass is 581 g/mol. The molecule has 0 radical (unpaired) electrons. The molecule has 0 aliphatic carbocycles. The molecule has 224 valence electrons. The summed E-state index contributed by atoms with van der Waals surface area (Å²) in [6.07, 6.45) is 7.38. The first-order chi connectivity index (χ1) is 19.7. The number of aliphatic hydroxyl groups excluding tert-OH is 1. The highest BCUT2D eigenvalue weighted by atomic mass is 32.2. The minimum atomic E-state index is -0.706. The van der Waals surface area contributed by atoms with Gasteiger partial charge in [-0.15, -0.1) is 24.9 Å². The minimum Gasteiger partial charge on any atom is -0.394 e. The summed E-state index contributed by atoms with van der Waals surface area (Å²) in [4.78, 5) is 48.7. The Morgan fingerprint density at radius 3 is 2.44 bits per heavy atom. The van der Waals surface area contributed by atoms with Gasteiger partial charge in [0.15, 0.2) is 0 Å². The summed E-state index contributed by atoms with van der Waals surface area (Å²) in [5.41, 5.74) is 1.02. The van der Waals surface area contributed by atoms with Gasteiger partial charge in [-0.25, -0.2) is 0 Å². The molecule has 0 aromatic heterocycles. The predicted octanol–water partition coefficient (Wildman–Crippen LogP) is 4.51. The van der Waals surface area contributed by atoms with Gasteiger partial charge in [0.1, 0.15) is 6.04 Å². The van der Waals surface area contributed by atoms with Crippen LogP contribution in [0.5, 0.6) is 0 Å². The van der Waals surface area contributed by atoms with Crippen LogP contribution in [0.3, 0.4) is 0 Å². The van der Waals surface area contributed by atoms with Crippen molar-refractivity contribution in [1.29, 1.82) is 0 Å². The van der Waals surface area contributed by atoms with E-state index in [4.69, 9.17) is 0 Å². The van der Waals surface area contributed by atoms with Crippen molar-refractivity contribution >= 4 is 29.5 Å². The number of benzene rings is 1. The first kappa shape index (κ1) is 31.4. The Labute approximate surface area is 250 Å². The normalized spacial score (nSPS) is 27.1. The van der Waals surface area contributed by atoms with E-state index in [9.17, 15) is 19.5 Å². The predicted molar refractivity (Wildman–Crippen MR) is 165 cm³/mol. The molecule has 2 bridgehead atoms. The molecule has 1 aromatic rings. The summed E-state index contributed by atoms with van der Waals surface area (Å²) in [6.45, 7) is 15.6. The zero-order valence-corrected chi connectivity index (χ0v) is 25.7. The largest absolute Gasteiger partial charge is 0.394 e. The van der Waals surface area contributed by atoms with Crippen molar-refractivity contribution in [2.24, 2.45) is 17.8 Å². The standard InChI is InChI=1S/C33H47N3O4S/c1-6-9-19-34(17-7-2)32(40)29-33-16-15-26(41-33)27(28(33)31(39)36(29)25(22-37)20-23(4)5)30(38)35(18-8-3)21-24-13-11-10-12-14-24/h7-8,10-14,23,25-29,37H,2-3,6,9,15-22H2,1,4-5H3/t25-,26-,27+,28+,29?,33?/m1/s1. The summed E-state index contributed by atoms with van der Waals surface area (Å²) in [5.74, 6) is -1.14. The molecule has 1 N–H and O–H groups in total. The van der Waals surface area contributed by atoms with Crippen LogP contribution in [-0.4, -0.2) is 85.8 Å². The van der Waals surface area contributed by atoms with Gasteiger partial charge >= 0.3 is 0 Å². The second-order valence-electron chi connectivity index (χ2n) is 12.2.